The van der Waals surface area contributed by atoms with Gasteiger partial charge >= 0.3 is 0 Å². The van der Waals surface area contributed by atoms with Crippen molar-refractivity contribution in [3.63, 3.8) is 0 Å². The van der Waals surface area contributed by atoms with Crippen molar-refractivity contribution < 1.29 is 19.3 Å². The molecule has 34 heavy (non-hydrogen) atoms. The van der Waals surface area contributed by atoms with Crippen molar-refractivity contribution in [1.29, 1.82) is 0 Å². The normalized spacial score (nSPS) is 12.2. The van der Waals surface area contributed by atoms with Crippen LogP contribution in [0.4, 0.5) is 0 Å². The zero-order valence-corrected chi connectivity index (χ0v) is 20.0. The summed E-state index contributed by atoms with van der Waals surface area (Å²) in [4.78, 5) is 18.3. The molecule has 2 aromatic heterocycles. The quantitative estimate of drug-likeness (QED) is 0.378. The summed E-state index contributed by atoms with van der Waals surface area (Å²) >= 11 is 1.42. The molecule has 0 fully saturated rings. The first-order chi connectivity index (χ1) is 16.5. The lowest BCUT2D eigenvalue weighted by molar-refractivity contribution is 0.0900. The summed E-state index contributed by atoms with van der Waals surface area (Å²) in [5.41, 5.74) is 2.50. The van der Waals surface area contributed by atoms with Crippen LogP contribution >= 0.6 is 11.3 Å². The van der Waals surface area contributed by atoms with E-state index in [0.29, 0.717) is 21.7 Å². The topological polar surface area (TPSA) is 82.8 Å². The molecule has 1 N–H and O–H groups in total. The summed E-state index contributed by atoms with van der Waals surface area (Å²) in [6, 6.07) is 13.1. The number of rotatable bonds is 9. The van der Waals surface area contributed by atoms with Crippen LogP contribution in [0.2, 0.25) is 0 Å². The molecule has 0 saturated heterocycles. The molecule has 0 aliphatic heterocycles. The molecule has 4 aromatic rings. The van der Waals surface area contributed by atoms with Gasteiger partial charge in [0.1, 0.15) is 23.3 Å². The summed E-state index contributed by atoms with van der Waals surface area (Å²) in [5, 5.41) is 13.0. The highest BCUT2D eigenvalue weighted by Crippen LogP contribution is 2.32. The van der Waals surface area contributed by atoms with Gasteiger partial charge in [0.05, 0.1) is 32.5 Å². The van der Waals surface area contributed by atoms with Crippen LogP contribution in [-0.2, 0) is 6.54 Å². The number of fused-ring (bicyclic) bond motifs is 1. The van der Waals surface area contributed by atoms with Crippen molar-refractivity contribution in [1.82, 2.24) is 9.55 Å². The summed E-state index contributed by atoms with van der Waals surface area (Å²) in [5.74, 6) is 1.84. The zero-order chi connectivity index (χ0) is 24.1. The first kappa shape index (κ1) is 23.5. The summed E-state index contributed by atoms with van der Waals surface area (Å²) < 4.78 is 17.8. The van der Waals surface area contributed by atoms with Gasteiger partial charge in [-0.3, -0.25) is 9.36 Å². The van der Waals surface area contributed by atoms with E-state index < -0.39 is 6.10 Å². The largest absolute Gasteiger partial charge is 0.497 e. The van der Waals surface area contributed by atoms with Crippen molar-refractivity contribution >= 4 is 27.6 Å². The average molecular weight is 479 g/mol. The van der Waals surface area contributed by atoms with Gasteiger partial charge in [0.25, 0.3) is 5.56 Å². The highest BCUT2D eigenvalue weighted by molar-refractivity contribution is 7.17. The van der Waals surface area contributed by atoms with E-state index in [9.17, 15) is 9.90 Å². The van der Waals surface area contributed by atoms with E-state index in [4.69, 9.17) is 14.2 Å². The maximum atomic E-state index is 13.2. The molecule has 4 rings (SSSR count). The number of aliphatic hydroxyl groups is 1. The van der Waals surface area contributed by atoms with Crippen molar-refractivity contribution in [2.75, 3.05) is 20.8 Å². The third-order valence-electron chi connectivity index (χ3n) is 5.35. The number of nitrogens with zero attached hydrogens (tertiary/aromatic N) is 2. The Labute approximate surface area is 201 Å². The van der Waals surface area contributed by atoms with Crippen LogP contribution in [0.15, 0.2) is 65.0 Å². The number of ether oxygens (including phenoxy) is 3. The standard InChI is InChI=1S/C26H26N2O5S/c1-4-5-17-6-11-22(23(12-17)32-3)33-14-19(29)13-28-16-27-25-24(26(28)30)21(15-34-25)18-7-9-20(31-2)10-8-18/h4-12,15-16,19,29H,13-14H2,1-3H3. The monoisotopic (exact) mass is 478 g/mol. The summed E-state index contributed by atoms with van der Waals surface area (Å²) in [6.45, 7) is 1.99. The Morgan fingerprint density at radius 1 is 1.12 bits per heavy atom. The van der Waals surface area contributed by atoms with Gasteiger partial charge in [0.15, 0.2) is 11.5 Å². The molecule has 176 valence electrons. The Hall–Kier alpha value is -3.62. The predicted molar refractivity (Wildman–Crippen MR) is 135 cm³/mol. The molecule has 0 spiro atoms. The lowest BCUT2D eigenvalue weighted by Gasteiger charge is -2.16. The molecule has 0 amide bonds. The third-order valence-corrected chi connectivity index (χ3v) is 6.23. The van der Waals surface area contributed by atoms with Gasteiger partial charge < -0.3 is 19.3 Å². The molecule has 2 aromatic carbocycles. The Balaban J connectivity index is 1.52. The van der Waals surface area contributed by atoms with Crippen molar-refractivity contribution in [3.8, 4) is 28.4 Å². The summed E-state index contributed by atoms with van der Waals surface area (Å²) in [6.07, 6.45) is 4.45. The predicted octanol–water partition coefficient (Wildman–Crippen LogP) is 4.62. The first-order valence-corrected chi connectivity index (χ1v) is 11.6. The number of hydrogen-bond acceptors (Lipinski definition) is 7. The second kappa shape index (κ2) is 10.5. The SMILES string of the molecule is CC=Cc1ccc(OCC(O)Cn2cnc3scc(-c4ccc(OC)cc4)c3c2=O)c(OC)c1. The van der Waals surface area contributed by atoms with E-state index in [-0.39, 0.29) is 18.7 Å². The van der Waals surface area contributed by atoms with Crippen LogP contribution in [0.5, 0.6) is 17.2 Å². The van der Waals surface area contributed by atoms with Crippen LogP contribution in [0.1, 0.15) is 12.5 Å². The minimum atomic E-state index is -0.917. The lowest BCUT2D eigenvalue weighted by Crippen LogP contribution is -2.30. The Morgan fingerprint density at radius 3 is 2.62 bits per heavy atom. The van der Waals surface area contributed by atoms with E-state index in [1.807, 2.05) is 60.9 Å². The average Bonchev–Trinajstić information content (AvgIpc) is 3.30. The van der Waals surface area contributed by atoms with Gasteiger partial charge in [-0.25, -0.2) is 4.98 Å². The molecule has 1 atom stereocenters. The molecule has 0 radical (unpaired) electrons. The summed E-state index contributed by atoms with van der Waals surface area (Å²) in [7, 11) is 3.18. The van der Waals surface area contributed by atoms with Gasteiger partial charge in [-0.2, -0.15) is 0 Å². The maximum Gasteiger partial charge on any atom is 0.262 e. The molecular formula is C26H26N2O5S. The highest BCUT2D eigenvalue weighted by atomic mass is 32.1. The van der Waals surface area contributed by atoms with Crippen molar-refractivity contribution in [2.45, 2.75) is 19.6 Å². The van der Waals surface area contributed by atoms with E-state index in [1.54, 1.807) is 20.3 Å². The highest BCUT2D eigenvalue weighted by Gasteiger charge is 2.16. The number of allylic oxidation sites excluding steroid dienone is 1. The molecule has 0 bridgehead atoms. The van der Waals surface area contributed by atoms with Gasteiger partial charge in [0, 0.05) is 10.9 Å². The Morgan fingerprint density at radius 2 is 1.91 bits per heavy atom. The Bertz CT molecular complexity index is 1360. The number of benzene rings is 2. The lowest BCUT2D eigenvalue weighted by atomic mass is 10.1. The number of thiophene rings is 1. The fourth-order valence-corrected chi connectivity index (χ4v) is 4.55. The van der Waals surface area contributed by atoms with E-state index in [1.165, 1.54) is 22.2 Å². The van der Waals surface area contributed by atoms with Gasteiger partial charge in [0.2, 0.25) is 0 Å². The molecule has 2 heterocycles. The van der Waals surface area contributed by atoms with E-state index >= 15 is 0 Å². The Kier molecular flexibility index (Phi) is 7.30. The molecule has 7 nitrogen and oxygen atoms in total. The molecule has 0 aliphatic carbocycles. The van der Waals surface area contributed by atoms with Gasteiger partial charge in [-0.05, 0) is 42.3 Å². The van der Waals surface area contributed by atoms with Crippen LogP contribution in [0.3, 0.4) is 0 Å². The molecule has 0 aliphatic rings. The smallest absolute Gasteiger partial charge is 0.262 e. The second-order valence-electron chi connectivity index (χ2n) is 7.64. The van der Waals surface area contributed by atoms with Crippen molar-refractivity contribution in [2.24, 2.45) is 0 Å². The zero-order valence-electron chi connectivity index (χ0n) is 19.2. The fraction of sp³-hybridized carbons (Fsp3) is 0.231. The van der Waals surface area contributed by atoms with E-state index in [0.717, 1.165) is 22.4 Å². The second-order valence-corrected chi connectivity index (χ2v) is 8.49. The number of aromatic nitrogens is 2. The fourth-order valence-electron chi connectivity index (χ4n) is 3.65. The van der Waals surface area contributed by atoms with Crippen molar-refractivity contribution in [3.05, 3.63) is 76.2 Å². The molecule has 0 saturated carbocycles. The minimum Gasteiger partial charge on any atom is -0.497 e. The van der Waals surface area contributed by atoms with Gasteiger partial charge in [-0.15, -0.1) is 11.3 Å². The number of aliphatic hydroxyl groups excluding tert-OH is 1. The van der Waals surface area contributed by atoms with E-state index in [2.05, 4.69) is 4.98 Å². The maximum absolute atomic E-state index is 13.2. The number of methoxy groups -OCH3 is 2. The number of hydrogen-bond donors (Lipinski definition) is 1. The van der Waals surface area contributed by atoms with Crippen LogP contribution in [-0.4, -0.2) is 41.6 Å². The van der Waals surface area contributed by atoms with Crippen LogP contribution in [0, 0.1) is 0 Å². The van der Waals surface area contributed by atoms with Crippen LogP contribution < -0.4 is 19.8 Å². The molecule has 8 heteroatoms. The third kappa shape index (κ3) is 4.98. The molecule has 1 unspecified atom stereocenters. The minimum absolute atomic E-state index is 0.00122. The van der Waals surface area contributed by atoms with Crippen LogP contribution in [0.25, 0.3) is 27.4 Å². The first-order valence-electron chi connectivity index (χ1n) is 10.8. The van der Waals surface area contributed by atoms with Gasteiger partial charge in [-0.1, -0.05) is 30.4 Å². The molecular weight excluding hydrogens is 452 g/mol.